The molecular weight excluding hydrogens is 139 g/mol. The molecule has 9 heavy (non-hydrogen) atoms. The number of H-pyrrole nitrogens is 1. The van der Waals surface area contributed by atoms with Crippen LogP contribution in [0.1, 0.15) is 10.4 Å². The van der Waals surface area contributed by atoms with Gasteiger partial charge in [-0.25, -0.2) is 4.79 Å². The summed E-state index contributed by atoms with van der Waals surface area (Å²) in [5.74, 6) is -0.409. The van der Waals surface area contributed by atoms with Crippen molar-refractivity contribution >= 4 is 15.4 Å². The average Bonchev–Trinajstić information content (AvgIpc) is 2.37. The standard InChI is InChI=1S/C4H5N2O2P/c7-4(8-9)3-1-5-6-2-3/h1-2H,9H2,(H,5,6). The van der Waals surface area contributed by atoms with Crippen LogP contribution in [0.15, 0.2) is 12.4 Å². The fourth-order valence-corrected chi connectivity index (χ4v) is 0.567. The van der Waals surface area contributed by atoms with Crippen molar-refractivity contribution in [1.29, 1.82) is 0 Å². The Hall–Kier alpha value is -0.890. The average molecular weight is 144 g/mol. The lowest BCUT2D eigenvalue weighted by Crippen LogP contribution is -1.93. The van der Waals surface area contributed by atoms with Crippen LogP contribution in [0.4, 0.5) is 0 Å². The maximum absolute atomic E-state index is 10.6. The van der Waals surface area contributed by atoms with Crippen LogP contribution in [0.3, 0.4) is 0 Å². The fourth-order valence-electron chi connectivity index (χ4n) is 0.431. The van der Waals surface area contributed by atoms with E-state index in [-0.39, 0.29) is 0 Å². The van der Waals surface area contributed by atoms with Gasteiger partial charge in [0.2, 0.25) is 0 Å². The van der Waals surface area contributed by atoms with E-state index in [1.54, 1.807) is 0 Å². The fraction of sp³-hybridized carbons (Fsp3) is 0. The van der Waals surface area contributed by atoms with Gasteiger partial charge in [0.25, 0.3) is 0 Å². The Morgan fingerprint density at radius 3 is 3.11 bits per heavy atom. The van der Waals surface area contributed by atoms with Gasteiger partial charge in [0.15, 0.2) is 0 Å². The maximum atomic E-state index is 10.6. The van der Waals surface area contributed by atoms with Gasteiger partial charge in [0, 0.05) is 6.20 Å². The SMILES string of the molecule is O=C(OP)c1cn[nH]c1. The molecule has 0 aliphatic rings. The Morgan fingerprint density at radius 1 is 1.89 bits per heavy atom. The molecule has 5 heteroatoms. The molecule has 0 aliphatic heterocycles. The zero-order chi connectivity index (χ0) is 6.69. The molecule has 1 rings (SSSR count). The number of carbonyl (C=O) groups is 1. The highest BCUT2D eigenvalue weighted by Crippen LogP contribution is 1.99. The Kier molecular flexibility index (Phi) is 1.80. The van der Waals surface area contributed by atoms with Crippen molar-refractivity contribution in [2.24, 2.45) is 0 Å². The van der Waals surface area contributed by atoms with Crippen LogP contribution in [0.2, 0.25) is 0 Å². The van der Waals surface area contributed by atoms with E-state index in [0.717, 1.165) is 0 Å². The molecule has 0 saturated carbocycles. The molecule has 48 valence electrons. The molecule has 1 heterocycles. The number of hydrogen-bond acceptors (Lipinski definition) is 3. The van der Waals surface area contributed by atoms with Crippen LogP contribution >= 0.6 is 9.47 Å². The quantitative estimate of drug-likeness (QED) is 0.579. The molecule has 4 nitrogen and oxygen atoms in total. The molecule has 1 aromatic heterocycles. The number of aromatic nitrogens is 2. The van der Waals surface area contributed by atoms with E-state index in [1.807, 2.05) is 9.47 Å². The highest BCUT2D eigenvalue weighted by Gasteiger charge is 2.03. The van der Waals surface area contributed by atoms with E-state index in [2.05, 4.69) is 14.7 Å². The van der Waals surface area contributed by atoms with E-state index in [0.29, 0.717) is 5.56 Å². The second kappa shape index (κ2) is 2.60. The van der Waals surface area contributed by atoms with Crippen LogP contribution in [0.25, 0.3) is 0 Å². The van der Waals surface area contributed by atoms with Crippen molar-refractivity contribution in [1.82, 2.24) is 10.2 Å². The van der Waals surface area contributed by atoms with Crippen molar-refractivity contribution in [2.45, 2.75) is 0 Å². The zero-order valence-corrected chi connectivity index (χ0v) is 5.65. The molecule has 0 spiro atoms. The number of nitrogens with one attached hydrogen (secondary N) is 1. The molecule has 0 amide bonds. The molecule has 0 aliphatic carbocycles. The van der Waals surface area contributed by atoms with Gasteiger partial charge in [-0.1, -0.05) is 0 Å². The third-order valence-electron chi connectivity index (χ3n) is 0.841. The van der Waals surface area contributed by atoms with Crippen LogP contribution in [-0.2, 0) is 4.52 Å². The number of aromatic amines is 1. The molecule has 1 atom stereocenters. The van der Waals surface area contributed by atoms with Crippen molar-refractivity contribution in [3.63, 3.8) is 0 Å². The van der Waals surface area contributed by atoms with Crippen molar-refractivity contribution in [3.8, 4) is 0 Å². The maximum Gasteiger partial charge on any atom is 0.343 e. The summed E-state index contributed by atoms with van der Waals surface area (Å²) < 4.78 is 4.31. The molecule has 1 aromatic rings. The summed E-state index contributed by atoms with van der Waals surface area (Å²) >= 11 is 0. The van der Waals surface area contributed by atoms with Crippen molar-refractivity contribution in [2.75, 3.05) is 0 Å². The first-order chi connectivity index (χ1) is 4.34. The molecule has 0 saturated heterocycles. The summed E-state index contributed by atoms with van der Waals surface area (Å²) in [6, 6.07) is 0. The van der Waals surface area contributed by atoms with Gasteiger partial charge in [0.1, 0.15) is 0 Å². The number of hydrogen-bond donors (Lipinski definition) is 1. The van der Waals surface area contributed by atoms with Gasteiger partial charge < -0.3 is 4.52 Å². The highest BCUT2D eigenvalue weighted by atomic mass is 31.0. The van der Waals surface area contributed by atoms with Crippen LogP contribution in [0.5, 0.6) is 0 Å². The summed E-state index contributed by atoms with van der Waals surface area (Å²) in [5, 5.41) is 6.04. The lowest BCUT2D eigenvalue weighted by molar-refractivity contribution is 0.0766. The predicted octanol–water partition coefficient (Wildman–Crippen LogP) is 0.357. The second-order valence-corrected chi connectivity index (χ2v) is 1.63. The van der Waals surface area contributed by atoms with Gasteiger partial charge in [-0.3, -0.25) is 5.10 Å². The lowest BCUT2D eigenvalue weighted by Gasteiger charge is -1.89. The Morgan fingerprint density at radius 2 is 2.67 bits per heavy atom. The Balaban J connectivity index is 2.77. The van der Waals surface area contributed by atoms with Gasteiger partial charge in [-0.15, -0.1) is 0 Å². The minimum absolute atomic E-state index is 0.409. The molecular formula is C4H5N2O2P. The monoisotopic (exact) mass is 144 g/mol. The number of rotatable bonds is 1. The van der Waals surface area contributed by atoms with Gasteiger partial charge >= 0.3 is 5.97 Å². The highest BCUT2D eigenvalue weighted by molar-refractivity contribution is 7.10. The minimum atomic E-state index is -0.409. The van der Waals surface area contributed by atoms with Gasteiger partial charge in [-0.2, -0.15) is 5.10 Å². The molecule has 0 fully saturated rings. The lowest BCUT2D eigenvalue weighted by atomic mass is 10.4. The smallest absolute Gasteiger partial charge is 0.343 e. The van der Waals surface area contributed by atoms with E-state index in [4.69, 9.17) is 0 Å². The largest absolute Gasteiger partial charge is 0.448 e. The zero-order valence-electron chi connectivity index (χ0n) is 4.50. The summed E-state index contributed by atoms with van der Waals surface area (Å²) in [6.07, 6.45) is 2.86. The van der Waals surface area contributed by atoms with Crippen LogP contribution in [-0.4, -0.2) is 16.2 Å². The minimum Gasteiger partial charge on any atom is -0.448 e. The molecule has 1 N–H and O–H groups in total. The molecule has 0 aromatic carbocycles. The summed E-state index contributed by atoms with van der Waals surface area (Å²) in [5.41, 5.74) is 0.421. The van der Waals surface area contributed by atoms with Gasteiger partial charge in [-0.05, 0) is 0 Å². The van der Waals surface area contributed by atoms with Crippen molar-refractivity contribution in [3.05, 3.63) is 18.0 Å². The molecule has 0 radical (unpaired) electrons. The van der Waals surface area contributed by atoms with Crippen LogP contribution < -0.4 is 0 Å². The van der Waals surface area contributed by atoms with Crippen molar-refractivity contribution < 1.29 is 9.32 Å². The number of carbonyl (C=O) groups excluding carboxylic acids is 1. The van der Waals surface area contributed by atoms with E-state index < -0.39 is 5.97 Å². The summed E-state index contributed by atoms with van der Waals surface area (Å²) in [7, 11) is 1.87. The van der Waals surface area contributed by atoms with E-state index in [9.17, 15) is 4.79 Å². The Bertz CT molecular complexity index is 196. The van der Waals surface area contributed by atoms with E-state index in [1.165, 1.54) is 12.4 Å². The number of nitrogens with zero attached hydrogens (tertiary/aromatic N) is 1. The third-order valence-corrected chi connectivity index (χ3v) is 1.06. The first-order valence-electron chi connectivity index (χ1n) is 2.24. The molecule has 0 bridgehead atoms. The van der Waals surface area contributed by atoms with Gasteiger partial charge in [0.05, 0.1) is 21.2 Å². The second-order valence-electron chi connectivity index (χ2n) is 1.39. The first-order valence-corrected chi connectivity index (χ1v) is 2.71. The first kappa shape index (κ1) is 6.23. The summed E-state index contributed by atoms with van der Waals surface area (Å²) in [6.45, 7) is 0. The summed E-state index contributed by atoms with van der Waals surface area (Å²) in [4.78, 5) is 10.6. The van der Waals surface area contributed by atoms with Crippen LogP contribution in [0, 0.1) is 0 Å². The predicted molar refractivity (Wildman–Crippen MR) is 33.7 cm³/mol. The molecule has 1 unspecified atom stereocenters. The third kappa shape index (κ3) is 1.27. The Labute approximate surface area is 53.9 Å². The normalized spacial score (nSPS) is 9.00. The van der Waals surface area contributed by atoms with E-state index >= 15 is 0 Å². The topological polar surface area (TPSA) is 55.0 Å².